The molecule has 0 unspecified atom stereocenters. The maximum atomic E-state index is 12.0. The minimum absolute atomic E-state index is 0.0840. The van der Waals surface area contributed by atoms with Gasteiger partial charge in [-0.1, -0.05) is 12.1 Å². The fourth-order valence-corrected chi connectivity index (χ4v) is 1.65. The van der Waals surface area contributed by atoms with Crippen LogP contribution in [0.15, 0.2) is 24.3 Å². The molecule has 0 saturated heterocycles. The molecule has 0 heterocycles. The van der Waals surface area contributed by atoms with E-state index in [9.17, 15) is 14.4 Å². The van der Waals surface area contributed by atoms with Gasteiger partial charge < -0.3 is 15.3 Å². The van der Waals surface area contributed by atoms with Crippen LogP contribution in [0.2, 0.25) is 0 Å². The quantitative estimate of drug-likeness (QED) is 0.781. The van der Waals surface area contributed by atoms with Crippen LogP contribution in [0.25, 0.3) is 0 Å². The average Bonchev–Trinajstić information content (AvgIpc) is 2.39. The number of hydrogen-bond acceptors (Lipinski definition) is 3. The second kappa shape index (κ2) is 7.28. The number of nitrogens with zero attached hydrogens (tertiary/aromatic N) is 1. The SMILES string of the molecule is CCN(CCC(=O)O)C(=O)Nc1cccc(C(C)=O)c1. The van der Waals surface area contributed by atoms with Gasteiger partial charge in [0, 0.05) is 24.3 Å². The van der Waals surface area contributed by atoms with E-state index in [1.54, 1.807) is 31.2 Å². The first-order chi connectivity index (χ1) is 9.43. The van der Waals surface area contributed by atoms with Crippen LogP contribution < -0.4 is 5.32 Å². The summed E-state index contributed by atoms with van der Waals surface area (Å²) in [6.45, 7) is 3.77. The molecule has 6 nitrogen and oxygen atoms in total. The number of carbonyl (C=O) groups excluding carboxylic acids is 2. The Morgan fingerprint density at radius 2 is 2.00 bits per heavy atom. The van der Waals surface area contributed by atoms with Crippen molar-refractivity contribution >= 4 is 23.5 Å². The summed E-state index contributed by atoms with van der Waals surface area (Å²) in [5, 5.41) is 11.3. The van der Waals surface area contributed by atoms with E-state index in [-0.39, 0.29) is 24.8 Å². The molecule has 0 radical (unpaired) electrons. The maximum absolute atomic E-state index is 12.0. The number of urea groups is 1. The molecular weight excluding hydrogens is 260 g/mol. The van der Waals surface area contributed by atoms with Crippen LogP contribution in [0.3, 0.4) is 0 Å². The standard InChI is InChI=1S/C14H18N2O4/c1-3-16(8-7-13(18)19)14(20)15-12-6-4-5-11(9-12)10(2)17/h4-6,9H,3,7-8H2,1-2H3,(H,15,20)(H,18,19). The lowest BCUT2D eigenvalue weighted by atomic mass is 10.1. The van der Waals surface area contributed by atoms with Gasteiger partial charge in [-0.3, -0.25) is 9.59 Å². The monoisotopic (exact) mass is 278 g/mol. The van der Waals surface area contributed by atoms with Gasteiger partial charge in [0.25, 0.3) is 0 Å². The number of carbonyl (C=O) groups is 3. The lowest BCUT2D eigenvalue weighted by Gasteiger charge is -2.20. The van der Waals surface area contributed by atoms with Crippen LogP contribution >= 0.6 is 0 Å². The topological polar surface area (TPSA) is 86.7 Å². The van der Waals surface area contributed by atoms with E-state index in [2.05, 4.69) is 5.32 Å². The third-order valence-electron chi connectivity index (χ3n) is 2.78. The Balaban J connectivity index is 2.70. The van der Waals surface area contributed by atoms with E-state index in [1.807, 2.05) is 0 Å². The van der Waals surface area contributed by atoms with Crippen molar-refractivity contribution in [3.05, 3.63) is 29.8 Å². The Kier molecular flexibility index (Phi) is 5.71. The summed E-state index contributed by atoms with van der Waals surface area (Å²) in [4.78, 5) is 35.2. The van der Waals surface area contributed by atoms with Gasteiger partial charge in [0.15, 0.2) is 5.78 Å². The first-order valence-corrected chi connectivity index (χ1v) is 6.32. The zero-order valence-corrected chi connectivity index (χ0v) is 11.5. The van der Waals surface area contributed by atoms with Crippen LogP contribution in [0, 0.1) is 0 Å². The van der Waals surface area contributed by atoms with Gasteiger partial charge in [0.1, 0.15) is 0 Å². The van der Waals surface area contributed by atoms with Gasteiger partial charge in [-0.05, 0) is 26.0 Å². The molecule has 0 aromatic heterocycles. The average molecular weight is 278 g/mol. The molecule has 0 aliphatic heterocycles. The number of hydrogen-bond donors (Lipinski definition) is 2. The molecule has 1 aromatic carbocycles. The highest BCUT2D eigenvalue weighted by Crippen LogP contribution is 2.12. The van der Waals surface area contributed by atoms with Crippen molar-refractivity contribution in [2.24, 2.45) is 0 Å². The molecule has 2 amide bonds. The van der Waals surface area contributed by atoms with Gasteiger partial charge in [0.05, 0.1) is 6.42 Å². The molecule has 0 saturated carbocycles. The summed E-state index contributed by atoms with van der Waals surface area (Å²) in [5.41, 5.74) is 1.02. The number of ketones is 1. The van der Waals surface area contributed by atoms with Crippen molar-refractivity contribution in [3.8, 4) is 0 Å². The second-order valence-electron chi connectivity index (χ2n) is 4.29. The van der Waals surface area contributed by atoms with Gasteiger partial charge >= 0.3 is 12.0 Å². The van der Waals surface area contributed by atoms with Crippen molar-refractivity contribution in [2.45, 2.75) is 20.3 Å². The molecule has 0 aliphatic rings. The first-order valence-electron chi connectivity index (χ1n) is 6.32. The molecule has 0 fully saturated rings. The number of anilines is 1. The number of aliphatic carboxylic acids is 1. The third kappa shape index (κ3) is 4.72. The number of amides is 2. The summed E-state index contributed by atoms with van der Waals surface area (Å²) >= 11 is 0. The third-order valence-corrected chi connectivity index (χ3v) is 2.78. The molecule has 2 N–H and O–H groups in total. The smallest absolute Gasteiger partial charge is 0.321 e. The summed E-state index contributed by atoms with van der Waals surface area (Å²) < 4.78 is 0. The predicted molar refractivity (Wildman–Crippen MR) is 75.0 cm³/mol. The second-order valence-corrected chi connectivity index (χ2v) is 4.29. The molecule has 0 atom stereocenters. The Bertz CT molecular complexity index is 514. The Hall–Kier alpha value is -2.37. The van der Waals surface area contributed by atoms with Gasteiger partial charge in [0.2, 0.25) is 0 Å². The number of rotatable bonds is 6. The minimum atomic E-state index is -0.949. The van der Waals surface area contributed by atoms with E-state index >= 15 is 0 Å². The molecule has 6 heteroatoms. The Labute approximate surface area is 117 Å². The van der Waals surface area contributed by atoms with Gasteiger partial charge in [-0.15, -0.1) is 0 Å². The molecule has 0 aliphatic carbocycles. The van der Waals surface area contributed by atoms with Crippen LogP contribution in [0.4, 0.5) is 10.5 Å². The fraction of sp³-hybridized carbons (Fsp3) is 0.357. The minimum Gasteiger partial charge on any atom is -0.481 e. The largest absolute Gasteiger partial charge is 0.481 e. The van der Waals surface area contributed by atoms with E-state index in [0.29, 0.717) is 17.8 Å². The van der Waals surface area contributed by atoms with Crippen LogP contribution in [-0.2, 0) is 4.79 Å². The molecule has 1 aromatic rings. The van der Waals surface area contributed by atoms with E-state index < -0.39 is 5.97 Å². The maximum Gasteiger partial charge on any atom is 0.321 e. The van der Waals surface area contributed by atoms with Crippen molar-refractivity contribution in [2.75, 3.05) is 18.4 Å². The summed E-state index contributed by atoms with van der Waals surface area (Å²) in [6.07, 6.45) is -0.102. The number of benzene rings is 1. The summed E-state index contributed by atoms with van der Waals surface area (Å²) in [6, 6.07) is 6.23. The highest BCUT2D eigenvalue weighted by molar-refractivity contribution is 5.96. The lowest BCUT2D eigenvalue weighted by Crippen LogP contribution is -2.36. The normalized spacial score (nSPS) is 9.90. The van der Waals surface area contributed by atoms with Crippen molar-refractivity contribution in [1.82, 2.24) is 4.90 Å². The fourth-order valence-electron chi connectivity index (χ4n) is 1.65. The molecule has 1 rings (SSSR count). The molecule has 0 spiro atoms. The zero-order valence-electron chi connectivity index (χ0n) is 11.5. The van der Waals surface area contributed by atoms with E-state index in [1.165, 1.54) is 11.8 Å². The number of carboxylic acids is 1. The molecular formula is C14H18N2O4. The van der Waals surface area contributed by atoms with E-state index in [4.69, 9.17) is 5.11 Å². The Morgan fingerprint density at radius 3 is 2.55 bits per heavy atom. The predicted octanol–water partition coefficient (Wildman–Crippen LogP) is 2.22. The Morgan fingerprint density at radius 1 is 1.30 bits per heavy atom. The highest BCUT2D eigenvalue weighted by atomic mass is 16.4. The summed E-state index contributed by atoms with van der Waals surface area (Å²) in [7, 11) is 0. The molecule has 0 bridgehead atoms. The zero-order chi connectivity index (χ0) is 15.1. The van der Waals surface area contributed by atoms with Crippen LogP contribution in [0.5, 0.6) is 0 Å². The van der Waals surface area contributed by atoms with Gasteiger partial charge in [-0.2, -0.15) is 0 Å². The highest BCUT2D eigenvalue weighted by Gasteiger charge is 2.13. The van der Waals surface area contributed by atoms with Crippen molar-refractivity contribution in [1.29, 1.82) is 0 Å². The van der Waals surface area contributed by atoms with Gasteiger partial charge in [-0.25, -0.2) is 4.79 Å². The van der Waals surface area contributed by atoms with Crippen molar-refractivity contribution in [3.63, 3.8) is 0 Å². The van der Waals surface area contributed by atoms with E-state index in [0.717, 1.165) is 0 Å². The summed E-state index contributed by atoms with van der Waals surface area (Å²) in [5.74, 6) is -1.03. The number of carboxylic acid groups (broad SMARTS) is 1. The number of Topliss-reactive ketones (excluding diaryl/α,β-unsaturated/α-hetero) is 1. The van der Waals surface area contributed by atoms with Crippen molar-refractivity contribution < 1.29 is 19.5 Å². The first kappa shape index (κ1) is 15.7. The van der Waals surface area contributed by atoms with Crippen LogP contribution in [-0.4, -0.2) is 40.9 Å². The van der Waals surface area contributed by atoms with Crippen LogP contribution in [0.1, 0.15) is 30.6 Å². The molecule has 108 valence electrons. The number of nitrogens with one attached hydrogen (secondary N) is 1. The lowest BCUT2D eigenvalue weighted by molar-refractivity contribution is -0.137. The molecule has 20 heavy (non-hydrogen) atoms.